The minimum Gasteiger partial charge on any atom is -0.459 e. The van der Waals surface area contributed by atoms with E-state index in [1.165, 1.54) is 6.92 Å². The molecular weight excluding hydrogens is 1060 g/mol. The maximum atomic E-state index is 12.6. The minimum absolute atomic E-state index is 0.0400. The van der Waals surface area contributed by atoms with E-state index in [4.69, 9.17) is 42.6 Å². The Morgan fingerprint density at radius 1 is 0.625 bits per heavy atom. The van der Waals surface area contributed by atoms with Crippen molar-refractivity contribution in [1.82, 2.24) is 0 Å². The number of esters is 1. The van der Waals surface area contributed by atoms with E-state index in [1.807, 2.05) is 13.8 Å². The molecule has 4 saturated heterocycles. The van der Waals surface area contributed by atoms with Gasteiger partial charge in [-0.3, -0.25) is 4.79 Å². The molecule has 8 fully saturated rings. The van der Waals surface area contributed by atoms with E-state index in [9.17, 15) is 81.4 Å². The first kappa shape index (κ1) is 62.8. The number of aliphatic hydroxyl groups excluding tert-OH is 15. The summed E-state index contributed by atoms with van der Waals surface area (Å²) in [6, 6.07) is 0. The molecule has 0 unspecified atom stereocenters. The fourth-order valence-electron chi connectivity index (χ4n) is 16.9. The van der Waals surface area contributed by atoms with E-state index in [-0.39, 0.29) is 23.7 Å². The Labute approximate surface area is 465 Å². The molecule has 0 aromatic heterocycles. The second-order valence-corrected chi connectivity index (χ2v) is 26.7. The number of carbonyl (C=O) groups excluding carboxylic acids is 1. The lowest BCUT2D eigenvalue weighted by molar-refractivity contribution is -0.398. The summed E-state index contributed by atoms with van der Waals surface area (Å²) in [5, 5.41) is 165. The second-order valence-electron chi connectivity index (χ2n) is 26.7. The van der Waals surface area contributed by atoms with Crippen LogP contribution in [0.15, 0.2) is 11.6 Å². The molecule has 0 aromatic rings. The van der Waals surface area contributed by atoms with Crippen LogP contribution in [0, 0.1) is 50.2 Å². The van der Waals surface area contributed by atoms with Gasteiger partial charge in [-0.05, 0) is 84.4 Å². The Morgan fingerprint density at radius 2 is 1.20 bits per heavy atom. The first-order valence-corrected chi connectivity index (χ1v) is 28.4. The third-order valence-corrected chi connectivity index (χ3v) is 21.7. The summed E-state index contributed by atoms with van der Waals surface area (Å²) in [7, 11) is 0. The second kappa shape index (κ2) is 22.9. The number of rotatable bonds is 13. The standard InChI is InChI=1S/C55H90O25/c1-22(59)74-45-44(71)55(21-58)24(15-50(45,2)3)23-9-10-30-52(6)13-12-32(51(4,5)29(52)11-14-53(30,7)54(23,8)16-31(55)61)78-49-43(80-48-40(69)37(66)35(64)27(18-57)76-48)41(70)42(79-47-39(68)36(65)34(63)26(17-56)75-47)28(77-49)20-73-46-38(67)33(62)25(60)19-72-46/h9,24-49,56-58,60-71H,10-21H2,1-8H3/t24-,25-,26+,27+,28+,29-,30+,31+,32-,33-,34+,35+,36-,37-,38+,39+,40+,41-,42+,43+,44-,45-,46-,47-,48-,49-,52-,53+,54+,55-/m0/s1. The van der Waals surface area contributed by atoms with Gasteiger partial charge >= 0.3 is 5.97 Å². The van der Waals surface area contributed by atoms with Crippen LogP contribution in [0.3, 0.4) is 0 Å². The van der Waals surface area contributed by atoms with E-state index >= 15 is 0 Å². The molecular formula is C55H90O25. The maximum absolute atomic E-state index is 12.6. The van der Waals surface area contributed by atoms with Crippen LogP contribution in [0.4, 0.5) is 0 Å². The molecule has 9 aliphatic rings. The third kappa shape index (κ3) is 10.1. The molecule has 15 N–H and O–H groups in total. The van der Waals surface area contributed by atoms with Gasteiger partial charge in [0.05, 0.1) is 50.7 Å². The van der Waals surface area contributed by atoms with Crippen molar-refractivity contribution in [3.63, 3.8) is 0 Å². The summed E-state index contributed by atoms with van der Waals surface area (Å²) in [6.07, 6.45) is -31.3. The van der Waals surface area contributed by atoms with Gasteiger partial charge < -0.3 is 119 Å². The Bertz CT molecular complexity index is 2200. The van der Waals surface area contributed by atoms with Crippen LogP contribution in [0.1, 0.15) is 100 Å². The van der Waals surface area contributed by atoms with Crippen molar-refractivity contribution >= 4 is 5.97 Å². The number of allylic oxidation sites excluding steroid dienone is 2. The Morgan fingerprint density at radius 3 is 1.77 bits per heavy atom. The van der Waals surface area contributed by atoms with Crippen LogP contribution in [0.25, 0.3) is 0 Å². The van der Waals surface area contributed by atoms with Gasteiger partial charge in [0.1, 0.15) is 104 Å². The first-order chi connectivity index (χ1) is 37.4. The van der Waals surface area contributed by atoms with Crippen molar-refractivity contribution in [3.8, 4) is 0 Å². The maximum Gasteiger partial charge on any atom is 0.303 e. The number of ether oxygens (including phenoxy) is 9. The zero-order chi connectivity index (χ0) is 58.7. The Hall–Kier alpha value is -1.71. The molecule has 9 rings (SSSR count). The quantitative estimate of drug-likeness (QED) is 0.0485. The number of fused-ring (bicyclic) bond motifs is 7. The van der Waals surface area contributed by atoms with E-state index in [1.54, 1.807) is 0 Å². The topological polar surface area (TPSA) is 404 Å². The molecule has 80 heavy (non-hydrogen) atoms. The van der Waals surface area contributed by atoms with Crippen molar-refractivity contribution in [2.45, 2.75) is 241 Å². The lowest BCUT2D eigenvalue weighted by Crippen LogP contribution is -2.72. The van der Waals surface area contributed by atoms with Crippen LogP contribution in [0.5, 0.6) is 0 Å². The molecule has 4 heterocycles. The molecule has 25 heteroatoms. The summed E-state index contributed by atoms with van der Waals surface area (Å²) in [6.45, 7) is 12.9. The molecule has 0 aromatic carbocycles. The van der Waals surface area contributed by atoms with Gasteiger partial charge in [-0.2, -0.15) is 0 Å². The number of hydrogen-bond donors (Lipinski definition) is 15. The highest BCUT2D eigenvalue weighted by atomic mass is 16.8. The van der Waals surface area contributed by atoms with Gasteiger partial charge in [0.2, 0.25) is 0 Å². The molecule has 0 radical (unpaired) electrons. The largest absolute Gasteiger partial charge is 0.459 e. The molecule has 4 aliphatic heterocycles. The van der Waals surface area contributed by atoms with Crippen molar-refractivity contribution < 1.29 is 124 Å². The average Bonchev–Trinajstić information content (AvgIpc) is 3.43. The van der Waals surface area contributed by atoms with Crippen LogP contribution in [-0.2, 0) is 47.4 Å². The van der Waals surface area contributed by atoms with Gasteiger partial charge in [0.15, 0.2) is 25.2 Å². The van der Waals surface area contributed by atoms with Crippen LogP contribution in [0.2, 0.25) is 0 Å². The molecule has 0 spiro atoms. The van der Waals surface area contributed by atoms with Crippen LogP contribution in [-0.4, -0.2) is 257 Å². The molecule has 0 amide bonds. The Balaban J connectivity index is 1.03. The van der Waals surface area contributed by atoms with Crippen molar-refractivity contribution in [1.29, 1.82) is 0 Å². The zero-order valence-electron chi connectivity index (χ0n) is 46.9. The average molecular weight is 1150 g/mol. The molecule has 25 nitrogen and oxygen atoms in total. The van der Waals surface area contributed by atoms with Gasteiger partial charge in [-0.25, -0.2) is 0 Å². The first-order valence-electron chi connectivity index (χ1n) is 28.4. The summed E-state index contributed by atoms with van der Waals surface area (Å²) in [4.78, 5) is 12.4. The van der Waals surface area contributed by atoms with E-state index < -0.39 is 213 Å². The molecule has 30 atom stereocenters. The smallest absolute Gasteiger partial charge is 0.303 e. The monoisotopic (exact) mass is 1150 g/mol. The summed E-state index contributed by atoms with van der Waals surface area (Å²) in [5.74, 6) is -0.974. The zero-order valence-corrected chi connectivity index (χ0v) is 46.9. The highest BCUT2D eigenvalue weighted by Crippen LogP contribution is 2.76. The van der Waals surface area contributed by atoms with Crippen LogP contribution < -0.4 is 0 Å². The lowest BCUT2D eigenvalue weighted by Gasteiger charge is -2.72. The van der Waals surface area contributed by atoms with Gasteiger partial charge in [0, 0.05) is 12.3 Å². The Kier molecular flexibility index (Phi) is 17.9. The minimum atomic E-state index is -1.99. The van der Waals surface area contributed by atoms with Crippen LogP contribution >= 0.6 is 0 Å². The highest BCUT2D eigenvalue weighted by Gasteiger charge is 2.73. The predicted octanol–water partition coefficient (Wildman–Crippen LogP) is -3.44. The summed E-state index contributed by atoms with van der Waals surface area (Å²) < 4.78 is 54.8. The molecule has 5 aliphatic carbocycles. The number of hydrogen-bond acceptors (Lipinski definition) is 25. The van der Waals surface area contributed by atoms with Gasteiger partial charge in [-0.1, -0.05) is 60.1 Å². The summed E-state index contributed by atoms with van der Waals surface area (Å²) >= 11 is 0. The van der Waals surface area contributed by atoms with Crippen molar-refractivity contribution in [3.05, 3.63) is 11.6 Å². The van der Waals surface area contributed by atoms with Crippen molar-refractivity contribution in [2.75, 3.05) is 33.0 Å². The van der Waals surface area contributed by atoms with E-state index in [2.05, 4.69) is 40.7 Å². The molecule has 460 valence electrons. The lowest BCUT2D eigenvalue weighted by atomic mass is 9.33. The number of aliphatic hydroxyl groups is 15. The van der Waals surface area contributed by atoms with E-state index in [0.29, 0.717) is 38.5 Å². The molecule has 0 bridgehead atoms. The van der Waals surface area contributed by atoms with E-state index in [0.717, 1.165) is 5.57 Å². The van der Waals surface area contributed by atoms with Gasteiger partial charge in [-0.15, -0.1) is 0 Å². The molecule has 4 saturated carbocycles. The normalized spacial score (nSPS) is 53.8. The summed E-state index contributed by atoms with van der Waals surface area (Å²) in [5.41, 5.74) is -3.04. The fourth-order valence-corrected chi connectivity index (χ4v) is 16.9. The van der Waals surface area contributed by atoms with Gasteiger partial charge in [0.25, 0.3) is 0 Å². The fraction of sp³-hybridized carbons (Fsp3) is 0.945. The van der Waals surface area contributed by atoms with Crippen molar-refractivity contribution in [2.24, 2.45) is 50.2 Å². The third-order valence-electron chi connectivity index (χ3n) is 21.7. The highest BCUT2D eigenvalue weighted by molar-refractivity contribution is 5.66. The predicted molar refractivity (Wildman–Crippen MR) is 270 cm³/mol. The number of carbonyl (C=O) groups is 1. The SMILES string of the molecule is CC(=O)O[C@H]1[C@H](O)[C@]2(CO)[C@H](O)C[C@]3(C)C(=CC[C@@H]4[C@@]5(C)CC[C@H](O[C@@H]6O[C@H](CO[C@@H]7OC[C@H](O)[C@H](O)[C@H]7O)[C@@H](O[C@@H]7O[C@H](CO)[C@@H](O)[C@H](O)[C@H]7O)[C@H](O)[C@H]6O[C@@H]6O[C@H](CO)[C@@H](O)[C@H](O)[C@H]6O)C(C)(C)[C@@H]5CC[C@]43C)[C@@H]2CC1(C)C.